The summed E-state index contributed by atoms with van der Waals surface area (Å²) in [6, 6.07) is 5.71. The average molecular weight is 341 g/mol. The zero-order valence-corrected chi connectivity index (χ0v) is 13.3. The van der Waals surface area contributed by atoms with Crippen molar-refractivity contribution < 1.29 is 27.5 Å². The third-order valence-electron chi connectivity index (χ3n) is 3.62. The molecular formula is C17H18F3NO3. The van der Waals surface area contributed by atoms with E-state index in [1.165, 1.54) is 0 Å². The highest BCUT2D eigenvalue weighted by atomic mass is 19.4. The first-order chi connectivity index (χ1) is 11.2. The highest BCUT2D eigenvalue weighted by Crippen LogP contribution is 2.29. The zero-order valence-electron chi connectivity index (χ0n) is 13.3. The van der Waals surface area contributed by atoms with Gasteiger partial charge in [0.15, 0.2) is 0 Å². The maximum atomic E-state index is 12.5. The maximum Gasteiger partial charge on any atom is 0.416 e. The van der Waals surface area contributed by atoms with E-state index in [2.05, 4.69) is 5.32 Å². The van der Waals surface area contributed by atoms with Gasteiger partial charge in [-0.05, 0) is 50.6 Å². The normalized spacial score (nSPS) is 12.9. The quantitative estimate of drug-likeness (QED) is 0.870. The van der Waals surface area contributed by atoms with Gasteiger partial charge >= 0.3 is 6.18 Å². The van der Waals surface area contributed by atoms with Gasteiger partial charge < -0.3 is 14.8 Å². The molecule has 0 aliphatic rings. The highest BCUT2D eigenvalue weighted by molar-refractivity contribution is 5.94. The number of amides is 1. The molecule has 130 valence electrons. The zero-order chi connectivity index (χ0) is 17.9. The second kappa shape index (κ2) is 7.09. The number of benzene rings is 1. The maximum absolute atomic E-state index is 12.5. The molecule has 2 aromatic rings. The van der Waals surface area contributed by atoms with E-state index in [4.69, 9.17) is 4.42 Å². The molecule has 1 aromatic heterocycles. The van der Waals surface area contributed by atoms with Crippen molar-refractivity contribution in [3.63, 3.8) is 0 Å². The van der Waals surface area contributed by atoms with Crippen LogP contribution in [0.4, 0.5) is 13.2 Å². The summed E-state index contributed by atoms with van der Waals surface area (Å²) in [4.78, 5) is 11.9. The first-order valence-electron chi connectivity index (χ1n) is 7.39. The molecule has 1 amide bonds. The lowest BCUT2D eigenvalue weighted by atomic mass is 10.1. The Hall–Kier alpha value is -2.28. The molecule has 1 heterocycles. The Labute approximate surface area is 137 Å². The summed E-state index contributed by atoms with van der Waals surface area (Å²) in [5.74, 6) is 0.820. The summed E-state index contributed by atoms with van der Waals surface area (Å²) in [5, 5.41) is 12.7. The number of alkyl halides is 3. The van der Waals surface area contributed by atoms with E-state index in [1.54, 1.807) is 19.9 Å². The number of aryl methyl sites for hydroxylation is 2. The number of nitrogens with one attached hydrogen (secondary N) is 1. The van der Waals surface area contributed by atoms with Crippen LogP contribution in [0, 0.1) is 13.8 Å². The van der Waals surface area contributed by atoms with Gasteiger partial charge in [-0.3, -0.25) is 4.79 Å². The lowest BCUT2D eigenvalue weighted by Crippen LogP contribution is -2.25. The number of rotatable bonds is 5. The third kappa shape index (κ3) is 4.38. The van der Waals surface area contributed by atoms with E-state index in [0.29, 0.717) is 17.1 Å². The second-order valence-corrected chi connectivity index (χ2v) is 5.50. The molecule has 1 unspecified atom stereocenters. The summed E-state index contributed by atoms with van der Waals surface area (Å²) < 4.78 is 42.7. The van der Waals surface area contributed by atoms with Crippen molar-refractivity contribution in [2.75, 3.05) is 6.54 Å². The first-order valence-corrected chi connectivity index (χ1v) is 7.39. The molecule has 24 heavy (non-hydrogen) atoms. The second-order valence-electron chi connectivity index (χ2n) is 5.50. The van der Waals surface area contributed by atoms with Crippen LogP contribution in [0.15, 0.2) is 34.7 Å². The Morgan fingerprint density at radius 2 is 1.88 bits per heavy atom. The number of aliphatic hydroxyl groups excluding tert-OH is 1. The van der Waals surface area contributed by atoms with Crippen molar-refractivity contribution in [1.29, 1.82) is 0 Å². The Morgan fingerprint density at radius 3 is 2.38 bits per heavy atom. The molecule has 0 saturated carbocycles. The topological polar surface area (TPSA) is 62.5 Å². The molecule has 0 bridgehead atoms. The molecule has 0 fully saturated rings. The molecular weight excluding hydrogens is 323 g/mol. The van der Waals surface area contributed by atoms with Crippen LogP contribution in [0.2, 0.25) is 0 Å². The van der Waals surface area contributed by atoms with Crippen molar-refractivity contribution in [3.05, 3.63) is 58.5 Å². The molecule has 0 radical (unpaired) electrons. The minimum atomic E-state index is -4.43. The van der Waals surface area contributed by atoms with E-state index in [0.717, 1.165) is 24.3 Å². The fraction of sp³-hybridized carbons (Fsp3) is 0.353. The van der Waals surface area contributed by atoms with E-state index in [-0.39, 0.29) is 18.5 Å². The Morgan fingerprint density at radius 1 is 1.25 bits per heavy atom. The molecule has 1 aromatic carbocycles. The molecule has 4 nitrogen and oxygen atoms in total. The van der Waals surface area contributed by atoms with Crippen LogP contribution in [0.25, 0.3) is 0 Å². The van der Waals surface area contributed by atoms with Crippen molar-refractivity contribution in [3.8, 4) is 0 Å². The lowest BCUT2D eigenvalue weighted by Gasteiger charge is -2.11. The van der Waals surface area contributed by atoms with Gasteiger partial charge in [-0.25, -0.2) is 0 Å². The predicted octanol–water partition coefficient (Wildman–Crippen LogP) is 3.77. The standard InChI is InChI=1S/C17H18F3NO3/c1-10-9-14(11(2)24-10)15(22)7-8-21-16(23)12-3-5-13(6-4-12)17(18,19)20/h3-6,9,15,22H,7-8H2,1-2H3,(H,21,23). The average Bonchev–Trinajstić information content (AvgIpc) is 2.85. The van der Waals surface area contributed by atoms with Crippen LogP contribution in [0.3, 0.4) is 0 Å². The molecule has 0 aliphatic heterocycles. The van der Waals surface area contributed by atoms with Crippen LogP contribution in [-0.4, -0.2) is 17.6 Å². The van der Waals surface area contributed by atoms with Crippen molar-refractivity contribution in [2.24, 2.45) is 0 Å². The Kier molecular flexibility index (Phi) is 5.33. The summed E-state index contributed by atoms with van der Waals surface area (Å²) >= 11 is 0. The molecule has 2 rings (SSSR count). The minimum Gasteiger partial charge on any atom is -0.466 e. The van der Waals surface area contributed by atoms with E-state index >= 15 is 0 Å². The van der Waals surface area contributed by atoms with Gasteiger partial charge in [0, 0.05) is 17.7 Å². The number of halogens is 3. The fourth-order valence-corrected chi connectivity index (χ4v) is 2.37. The summed E-state index contributed by atoms with van der Waals surface area (Å²) in [5.41, 5.74) is -0.00983. The largest absolute Gasteiger partial charge is 0.466 e. The van der Waals surface area contributed by atoms with Crippen LogP contribution in [0.1, 0.15) is 45.5 Å². The number of furan rings is 1. The van der Waals surface area contributed by atoms with Crippen LogP contribution in [-0.2, 0) is 6.18 Å². The lowest BCUT2D eigenvalue weighted by molar-refractivity contribution is -0.137. The van der Waals surface area contributed by atoms with Crippen molar-refractivity contribution in [2.45, 2.75) is 32.5 Å². The Balaban J connectivity index is 1.88. The van der Waals surface area contributed by atoms with Gasteiger partial charge in [-0.2, -0.15) is 13.2 Å². The smallest absolute Gasteiger partial charge is 0.416 e. The molecule has 0 saturated heterocycles. The summed E-state index contributed by atoms with van der Waals surface area (Å²) in [6.45, 7) is 3.70. The minimum absolute atomic E-state index is 0.132. The highest BCUT2D eigenvalue weighted by Gasteiger charge is 2.30. The monoisotopic (exact) mass is 341 g/mol. The van der Waals surface area contributed by atoms with Crippen LogP contribution < -0.4 is 5.32 Å². The van der Waals surface area contributed by atoms with Gasteiger partial charge in [0.25, 0.3) is 5.91 Å². The van der Waals surface area contributed by atoms with Crippen LogP contribution >= 0.6 is 0 Å². The molecule has 0 spiro atoms. The predicted molar refractivity (Wildman–Crippen MR) is 81.5 cm³/mol. The number of hydrogen-bond acceptors (Lipinski definition) is 3. The van der Waals surface area contributed by atoms with Gasteiger partial charge in [-0.15, -0.1) is 0 Å². The van der Waals surface area contributed by atoms with Gasteiger partial charge in [0.05, 0.1) is 11.7 Å². The summed E-state index contributed by atoms with van der Waals surface area (Å²) in [6.07, 6.45) is -4.94. The van der Waals surface area contributed by atoms with E-state index < -0.39 is 23.8 Å². The van der Waals surface area contributed by atoms with Crippen LogP contribution in [0.5, 0.6) is 0 Å². The van der Waals surface area contributed by atoms with Crippen molar-refractivity contribution >= 4 is 5.91 Å². The first kappa shape index (κ1) is 18.1. The molecule has 0 aliphatic carbocycles. The van der Waals surface area contributed by atoms with E-state index in [1.807, 2.05) is 0 Å². The van der Waals surface area contributed by atoms with Gasteiger partial charge in [0.2, 0.25) is 0 Å². The summed E-state index contributed by atoms with van der Waals surface area (Å²) in [7, 11) is 0. The Bertz CT molecular complexity index is 705. The van der Waals surface area contributed by atoms with Crippen molar-refractivity contribution in [1.82, 2.24) is 5.32 Å². The molecule has 2 N–H and O–H groups in total. The number of carbonyl (C=O) groups excluding carboxylic acids is 1. The molecule has 1 atom stereocenters. The fourth-order valence-electron chi connectivity index (χ4n) is 2.37. The van der Waals surface area contributed by atoms with E-state index in [9.17, 15) is 23.1 Å². The molecule has 7 heteroatoms. The number of carbonyl (C=O) groups is 1. The number of aliphatic hydroxyl groups is 1. The number of hydrogen-bond donors (Lipinski definition) is 2. The third-order valence-corrected chi connectivity index (χ3v) is 3.62. The van der Waals surface area contributed by atoms with Gasteiger partial charge in [0.1, 0.15) is 11.5 Å². The van der Waals surface area contributed by atoms with Gasteiger partial charge in [-0.1, -0.05) is 0 Å². The SMILES string of the molecule is Cc1cc(C(O)CCNC(=O)c2ccc(C(F)(F)F)cc2)c(C)o1.